The highest BCUT2D eigenvalue weighted by Crippen LogP contribution is 2.19. The first-order valence-electron chi connectivity index (χ1n) is 9.20. The molecular formula is C23H20Cl2N2O2S. The van der Waals surface area contributed by atoms with Crippen molar-refractivity contribution < 1.29 is 9.53 Å². The van der Waals surface area contributed by atoms with Gasteiger partial charge in [0.25, 0.3) is 0 Å². The molecule has 154 valence electrons. The van der Waals surface area contributed by atoms with E-state index in [1.165, 1.54) is 11.8 Å². The molecular weight excluding hydrogens is 439 g/mol. The SMILES string of the molecule is O=C(CSCc1ccc(Cl)cc1)N/N=C/c1ccc(OCc2ccccc2Cl)cc1. The maximum Gasteiger partial charge on any atom is 0.250 e. The maximum absolute atomic E-state index is 11.9. The van der Waals surface area contributed by atoms with E-state index in [0.717, 1.165) is 28.2 Å². The van der Waals surface area contributed by atoms with Crippen LogP contribution in [0, 0.1) is 0 Å². The van der Waals surface area contributed by atoms with Gasteiger partial charge >= 0.3 is 0 Å². The number of nitrogens with zero attached hydrogens (tertiary/aromatic N) is 1. The van der Waals surface area contributed by atoms with Crippen molar-refractivity contribution >= 4 is 47.1 Å². The van der Waals surface area contributed by atoms with E-state index in [1.54, 1.807) is 6.21 Å². The van der Waals surface area contributed by atoms with Crippen LogP contribution in [0.15, 0.2) is 77.9 Å². The zero-order valence-corrected chi connectivity index (χ0v) is 18.4. The lowest BCUT2D eigenvalue weighted by molar-refractivity contribution is -0.118. The second-order valence-corrected chi connectivity index (χ2v) is 8.19. The summed E-state index contributed by atoms with van der Waals surface area (Å²) in [6.07, 6.45) is 1.60. The second kappa shape index (κ2) is 11.6. The van der Waals surface area contributed by atoms with Gasteiger partial charge in [-0.1, -0.05) is 53.5 Å². The Hall–Kier alpha value is -2.47. The van der Waals surface area contributed by atoms with Crippen LogP contribution in [0.1, 0.15) is 16.7 Å². The van der Waals surface area contributed by atoms with E-state index in [4.69, 9.17) is 27.9 Å². The lowest BCUT2D eigenvalue weighted by Gasteiger charge is -2.07. The number of benzene rings is 3. The van der Waals surface area contributed by atoms with E-state index in [2.05, 4.69) is 10.5 Å². The van der Waals surface area contributed by atoms with Gasteiger partial charge in [0, 0.05) is 21.4 Å². The monoisotopic (exact) mass is 458 g/mol. The van der Waals surface area contributed by atoms with Gasteiger partial charge in [0.2, 0.25) is 5.91 Å². The summed E-state index contributed by atoms with van der Waals surface area (Å²) in [4.78, 5) is 11.9. The molecule has 0 aliphatic heterocycles. The third kappa shape index (κ3) is 7.41. The fourth-order valence-electron chi connectivity index (χ4n) is 2.48. The van der Waals surface area contributed by atoms with Crippen LogP contribution >= 0.6 is 35.0 Å². The zero-order valence-electron chi connectivity index (χ0n) is 16.1. The molecule has 0 unspecified atom stereocenters. The van der Waals surface area contributed by atoms with E-state index in [-0.39, 0.29) is 5.91 Å². The number of hydrazone groups is 1. The number of hydrogen-bond acceptors (Lipinski definition) is 4. The van der Waals surface area contributed by atoms with E-state index in [1.807, 2.05) is 72.8 Å². The van der Waals surface area contributed by atoms with Crippen molar-refractivity contribution in [2.45, 2.75) is 12.4 Å². The van der Waals surface area contributed by atoms with Crippen molar-refractivity contribution in [3.05, 3.63) is 99.5 Å². The highest BCUT2D eigenvalue weighted by atomic mass is 35.5. The van der Waals surface area contributed by atoms with Gasteiger partial charge in [-0.05, 0) is 53.6 Å². The van der Waals surface area contributed by atoms with Crippen LogP contribution in [-0.4, -0.2) is 17.9 Å². The number of carbonyl (C=O) groups excluding carboxylic acids is 1. The number of halogens is 2. The number of rotatable bonds is 9. The predicted octanol–water partition coefficient (Wildman–Crippen LogP) is 5.96. The Labute approximate surface area is 190 Å². The van der Waals surface area contributed by atoms with Crippen molar-refractivity contribution in [1.82, 2.24) is 5.43 Å². The van der Waals surface area contributed by atoms with Gasteiger partial charge in [0.1, 0.15) is 12.4 Å². The van der Waals surface area contributed by atoms with Crippen molar-refractivity contribution in [1.29, 1.82) is 0 Å². The van der Waals surface area contributed by atoms with Crippen molar-refractivity contribution in [3.8, 4) is 5.75 Å². The van der Waals surface area contributed by atoms with Crippen LogP contribution in [-0.2, 0) is 17.2 Å². The summed E-state index contributed by atoms with van der Waals surface area (Å²) >= 11 is 13.5. The number of carbonyl (C=O) groups is 1. The average Bonchev–Trinajstić information content (AvgIpc) is 2.75. The smallest absolute Gasteiger partial charge is 0.250 e. The summed E-state index contributed by atoms with van der Waals surface area (Å²) in [5.74, 6) is 1.65. The summed E-state index contributed by atoms with van der Waals surface area (Å²) in [7, 11) is 0. The van der Waals surface area contributed by atoms with Gasteiger partial charge in [-0.2, -0.15) is 5.10 Å². The molecule has 1 amide bonds. The number of hydrogen-bond donors (Lipinski definition) is 1. The molecule has 0 aliphatic rings. The topological polar surface area (TPSA) is 50.7 Å². The molecule has 0 radical (unpaired) electrons. The fraction of sp³-hybridized carbons (Fsp3) is 0.130. The number of amides is 1. The second-order valence-electron chi connectivity index (χ2n) is 6.36. The van der Waals surface area contributed by atoms with Crippen LogP contribution in [0.4, 0.5) is 0 Å². The van der Waals surface area contributed by atoms with Crippen LogP contribution < -0.4 is 10.2 Å². The molecule has 4 nitrogen and oxygen atoms in total. The molecule has 0 aromatic heterocycles. The third-order valence-corrected chi connectivity index (χ3v) is 5.67. The molecule has 3 aromatic rings. The molecule has 1 N–H and O–H groups in total. The van der Waals surface area contributed by atoms with Gasteiger partial charge < -0.3 is 4.74 Å². The summed E-state index contributed by atoms with van der Waals surface area (Å²) in [5, 5.41) is 5.39. The Morgan fingerprint density at radius 3 is 2.47 bits per heavy atom. The Bertz CT molecular complexity index is 993. The van der Waals surface area contributed by atoms with Gasteiger partial charge in [-0.15, -0.1) is 11.8 Å². The molecule has 0 bridgehead atoms. The molecule has 3 aromatic carbocycles. The Balaban J connectivity index is 1.38. The van der Waals surface area contributed by atoms with Crippen molar-refractivity contribution in [2.75, 3.05) is 5.75 Å². The van der Waals surface area contributed by atoms with E-state index >= 15 is 0 Å². The molecule has 0 heterocycles. The molecule has 3 rings (SSSR count). The largest absolute Gasteiger partial charge is 0.489 e. The van der Waals surface area contributed by atoms with Crippen LogP contribution in [0.3, 0.4) is 0 Å². The third-order valence-electron chi connectivity index (χ3n) is 4.05. The fourth-order valence-corrected chi connectivity index (χ4v) is 3.58. The molecule has 0 atom stereocenters. The molecule has 0 saturated carbocycles. The summed E-state index contributed by atoms with van der Waals surface area (Å²) in [6.45, 7) is 0.400. The first kappa shape index (κ1) is 22.2. The van der Waals surface area contributed by atoms with Crippen molar-refractivity contribution in [3.63, 3.8) is 0 Å². The zero-order chi connectivity index (χ0) is 21.2. The van der Waals surface area contributed by atoms with Crippen LogP contribution in [0.25, 0.3) is 0 Å². The summed E-state index contributed by atoms with van der Waals surface area (Å²) in [5.41, 5.74) is 5.45. The lowest BCUT2D eigenvalue weighted by atomic mass is 10.2. The average molecular weight is 459 g/mol. The van der Waals surface area contributed by atoms with E-state index < -0.39 is 0 Å². The first-order chi connectivity index (χ1) is 14.6. The molecule has 0 saturated heterocycles. The van der Waals surface area contributed by atoms with Gasteiger partial charge in [-0.3, -0.25) is 4.79 Å². The van der Waals surface area contributed by atoms with E-state index in [0.29, 0.717) is 22.4 Å². The maximum atomic E-state index is 11.9. The Kier molecular flexibility index (Phi) is 8.63. The normalized spacial score (nSPS) is 10.9. The van der Waals surface area contributed by atoms with Crippen molar-refractivity contribution in [2.24, 2.45) is 5.10 Å². The van der Waals surface area contributed by atoms with Gasteiger partial charge in [0.05, 0.1) is 12.0 Å². The predicted molar refractivity (Wildman–Crippen MR) is 126 cm³/mol. The molecule has 0 fully saturated rings. The minimum Gasteiger partial charge on any atom is -0.489 e. The number of thioether (sulfide) groups is 1. The van der Waals surface area contributed by atoms with Crippen LogP contribution in [0.2, 0.25) is 10.0 Å². The quantitative estimate of drug-likeness (QED) is 0.318. The molecule has 0 spiro atoms. The van der Waals surface area contributed by atoms with Gasteiger partial charge in [0.15, 0.2) is 0 Å². The van der Waals surface area contributed by atoms with Gasteiger partial charge in [-0.25, -0.2) is 5.43 Å². The Morgan fingerprint density at radius 1 is 1.00 bits per heavy atom. The minimum atomic E-state index is -0.148. The van der Waals surface area contributed by atoms with E-state index in [9.17, 15) is 4.79 Å². The molecule has 0 aliphatic carbocycles. The van der Waals surface area contributed by atoms with Crippen LogP contribution in [0.5, 0.6) is 5.75 Å². The number of nitrogens with one attached hydrogen (secondary N) is 1. The standard InChI is InChI=1S/C23H20Cl2N2O2S/c24-20-9-5-18(6-10-20)15-30-16-23(28)27-26-13-17-7-11-21(12-8-17)29-14-19-3-1-2-4-22(19)25/h1-13H,14-16H2,(H,27,28)/b26-13+. The molecule has 30 heavy (non-hydrogen) atoms. The first-order valence-corrected chi connectivity index (χ1v) is 11.1. The highest BCUT2D eigenvalue weighted by Gasteiger charge is 2.02. The Morgan fingerprint density at radius 2 is 1.73 bits per heavy atom. The number of ether oxygens (including phenoxy) is 1. The summed E-state index contributed by atoms with van der Waals surface area (Å²) in [6, 6.07) is 22.6. The lowest BCUT2D eigenvalue weighted by Crippen LogP contribution is -2.19. The molecule has 7 heteroatoms. The summed E-state index contributed by atoms with van der Waals surface area (Å²) < 4.78 is 5.75. The highest BCUT2D eigenvalue weighted by molar-refractivity contribution is 7.99. The minimum absolute atomic E-state index is 0.148.